The Balaban J connectivity index is 1.61. The Morgan fingerprint density at radius 3 is 2.62 bits per heavy atom. The molecule has 0 unspecified atom stereocenters. The number of benzene rings is 2. The van der Waals surface area contributed by atoms with Gasteiger partial charge in [0.05, 0.1) is 12.1 Å². The Kier molecular flexibility index (Phi) is 5.47. The molecule has 3 aromatic rings. The molecule has 1 aromatic heterocycles. The van der Waals surface area contributed by atoms with Crippen molar-refractivity contribution in [2.75, 3.05) is 38.5 Å². The zero-order valence-electron chi connectivity index (χ0n) is 16.9. The summed E-state index contributed by atoms with van der Waals surface area (Å²) in [5.74, 6) is 0.657. The lowest BCUT2D eigenvalue weighted by atomic mass is 10.1. The number of hydrogen-bond donors (Lipinski definition) is 2. The van der Waals surface area contributed by atoms with E-state index in [4.69, 9.17) is 4.98 Å². The average Bonchev–Trinajstić information content (AvgIpc) is 2.74. The third kappa shape index (κ3) is 4.09. The van der Waals surface area contributed by atoms with Gasteiger partial charge in [-0.25, -0.2) is 4.98 Å². The van der Waals surface area contributed by atoms with E-state index in [-0.39, 0.29) is 12.5 Å². The number of nitrogens with one attached hydrogen (secondary N) is 1. The van der Waals surface area contributed by atoms with E-state index < -0.39 is 0 Å². The standard InChI is InChI=1S/C23H26N4O2/c1-16-5-3-6-17-13-19(15-28)22(25-21(16)17)24-20-8-4-7-18(14-20)23(29)27-11-9-26(2)10-12-27/h3-8,13-14,28H,9-12,15H2,1-2H3,(H,24,25). The molecule has 0 spiro atoms. The van der Waals surface area contributed by atoms with E-state index in [0.717, 1.165) is 53.9 Å². The Labute approximate surface area is 170 Å². The van der Waals surface area contributed by atoms with Crippen LogP contribution in [0.2, 0.25) is 0 Å². The molecule has 1 amide bonds. The molecule has 0 atom stereocenters. The van der Waals surface area contributed by atoms with Crippen LogP contribution in [0.15, 0.2) is 48.5 Å². The van der Waals surface area contributed by atoms with E-state index in [9.17, 15) is 9.90 Å². The van der Waals surface area contributed by atoms with Crippen molar-refractivity contribution in [3.63, 3.8) is 0 Å². The lowest BCUT2D eigenvalue weighted by Gasteiger charge is -2.32. The third-order valence-electron chi connectivity index (χ3n) is 5.46. The van der Waals surface area contributed by atoms with Gasteiger partial charge in [-0.1, -0.05) is 24.3 Å². The topological polar surface area (TPSA) is 68.7 Å². The van der Waals surface area contributed by atoms with E-state index in [0.29, 0.717) is 11.4 Å². The molecule has 6 heteroatoms. The van der Waals surface area contributed by atoms with Crippen molar-refractivity contribution < 1.29 is 9.90 Å². The monoisotopic (exact) mass is 390 g/mol. The van der Waals surface area contributed by atoms with Crippen LogP contribution in [0.5, 0.6) is 0 Å². The fourth-order valence-corrected chi connectivity index (χ4v) is 3.68. The molecular formula is C23H26N4O2. The van der Waals surface area contributed by atoms with Gasteiger partial charge in [0.15, 0.2) is 0 Å². The van der Waals surface area contributed by atoms with Crippen molar-refractivity contribution in [1.82, 2.24) is 14.8 Å². The van der Waals surface area contributed by atoms with Crippen molar-refractivity contribution in [2.45, 2.75) is 13.5 Å². The highest BCUT2D eigenvalue weighted by molar-refractivity contribution is 5.95. The largest absolute Gasteiger partial charge is 0.392 e. The number of piperazine rings is 1. The molecule has 2 N–H and O–H groups in total. The predicted octanol–water partition coefficient (Wildman–Crippen LogP) is 3.17. The molecule has 2 heterocycles. The number of rotatable bonds is 4. The number of para-hydroxylation sites is 1. The number of pyridine rings is 1. The Hall–Kier alpha value is -2.96. The second-order valence-corrected chi connectivity index (χ2v) is 7.60. The number of hydrogen-bond acceptors (Lipinski definition) is 5. The summed E-state index contributed by atoms with van der Waals surface area (Å²) in [4.78, 5) is 21.7. The minimum absolute atomic E-state index is 0.0476. The normalized spacial score (nSPS) is 14.9. The third-order valence-corrected chi connectivity index (χ3v) is 5.46. The van der Waals surface area contributed by atoms with Crippen LogP contribution in [0.3, 0.4) is 0 Å². The van der Waals surface area contributed by atoms with Crippen LogP contribution < -0.4 is 5.32 Å². The summed E-state index contributed by atoms with van der Waals surface area (Å²) in [6, 6.07) is 15.4. The van der Waals surface area contributed by atoms with Crippen LogP contribution in [0.25, 0.3) is 10.9 Å². The van der Waals surface area contributed by atoms with Crippen LogP contribution in [0.1, 0.15) is 21.5 Å². The number of aliphatic hydroxyl groups is 1. The van der Waals surface area contributed by atoms with Crippen LogP contribution in [-0.2, 0) is 6.61 Å². The molecule has 0 bridgehead atoms. The Morgan fingerprint density at radius 2 is 1.86 bits per heavy atom. The number of amides is 1. The highest BCUT2D eigenvalue weighted by atomic mass is 16.3. The molecule has 0 saturated carbocycles. The van der Waals surface area contributed by atoms with E-state index in [1.165, 1.54) is 0 Å². The number of aryl methyl sites for hydroxylation is 1. The first kappa shape index (κ1) is 19.4. The van der Waals surface area contributed by atoms with Gasteiger partial charge in [-0.2, -0.15) is 0 Å². The summed E-state index contributed by atoms with van der Waals surface area (Å²) in [6.07, 6.45) is 0. The van der Waals surface area contributed by atoms with Gasteiger partial charge in [-0.15, -0.1) is 0 Å². The molecule has 1 fully saturated rings. The number of carbonyl (C=O) groups is 1. The number of fused-ring (bicyclic) bond motifs is 1. The zero-order chi connectivity index (χ0) is 20.4. The molecular weight excluding hydrogens is 364 g/mol. The van der Waals surface area contributed by atoms with Gasteiger partial charge in [0, 0.05) is 48.4 Å². The second kappa shape index (κ2) is 8.19. The van der Waals surface area contributed by atoms with Crippen LogP contribution in [0.4, 0.5) is 11.5 Å². The molecule has 29 heavy (non-hydrogen) atoms. The van der Waals surface area contributed by atoms with Gasteiger partial charge in [0.1, 0.15) is 5.82 Å². The first-order chi connectivity index (χ1) is 14.0. The van der Waals surface area contributed by atoms with Crippen molar-refractivity contribution in [2.24, 2.45) is 0 Å². The highest BCUT2D eigenvalue weighted by Crippen LogP contribution is 2.26. The summed E-state index contributed by atoms with van der Waals surface area (Å²) in [5.41, 5.74) is 4.13. The quantitative estimate of drug-likeness (QED) is 0.716. The molecule has 150 valence electrons. The van der Waals surface area contributed by atoms with Gasteiger partial charge in [-0.3, -0.25) is 4.79 Å². The molecule has 1 aliphatic rings. The lowest BCUT2D eigenvalue weighted by Crippen LogP contribution is -2.47. The minimum Gasteiger partial charge on any atom is -0.392 e. The molecule has 0 radical (unpaired) electrons. The number of likely N-dealkylation sites (N-methyl/N-ethyl adjacent to an activating group) is 1. The molecule has 1 saturated heterocycles. The van der Waals surface area contributed by atoms with E-state index in [1.807, 2.05) is 60.4 Å². The summed E-state index contributed by atoms with van der Waals surface area (Å²) in [5, 5.41) is 14.1. The van der Waals surface area contributed by atoms with E-state index in [1.54, 1.807) is 0 Å². The van der Waals surface area contributed by atoms with Gasteiger partial charge in [0.2, 0.25) is 0 Å². The summed E-state index contributed by atoms with van der Waals surface area (Å²) < 4.78 is 0. The van der Waals surface area contributed by atoms with Gasteiger partial charge >= 0.3 is 0 Å². The fraction of sp³-hybridized carbons (Fsp3) is 0.304. The number of aromatic nitrogens is 1. The summed E-state index contributed by atoms with van der Waals surface area (Å²) in [7, 11) is 2.07. The summed E-state index contributed by atoms with van der Waals surface area (Å²) >= 11 is 0. The molecule has 2 aromatic carbocycles. The maximum atomic E-state index is 12.9. The number of nitrogens with zero attached hydrogens (tertiary/aromatic N) is 3. The van der Waals surface area contributed by atoms with Crippen molar-refractivity contribution in [3.05, 3.63) is 65.2 Å². The highest BCUT2D eigenvalue weighted by Gasteiger charge is 2.20. The van der Waals surface area contributed by atoms with Crippen molar-refractivity contribution in [3.8, 4) is 0 Å². The number of carbonyl (C=O) groups excluding carboxylic acids is 1. The number of anilines is 2. The van der Waals surface area contributed by atoms with Gasteiger partial charge in [0.25, 0.3) is 5.91 Å². The first-order valence-corrected chi connectivity index (χ1v) is 9.90. The molecule has 1 aliphatic heterocycles. The first-order valence-electron chi connectivity index (χ1n) is 9.90. The average molecular weight is 390 g/mol. The summed E-state index contributed by atoms with van der Waals surface area (Å²) in [6.45, 7) is 5.18. The lowest BCUT2D eigenvalue weighted by molar-refractivity contribution is 0.0664. The molecule has 0 aliphatic carbocycles. The molecule has 4 rings (SSSR count). The van der Waals surface area contributed by atoms with Gasteiger partial charge in [-0.05, 0) is 43.8 Å². The zero-order valence-corrected chi connectivity index (χ0v) is 16.9. The molecule has 6 nitrogen and oxygen atoms in total. The van der Waals surface area contributed by atoms with Crippen molar-refractivity contribution >= 4 is 28.3 Å². The fourth-order valence-electron chi connectivity index (χ4n) is 3.68. The van der Waals surface area contributed by atoms with Crippen LogP contribution in [0, 0.1) is 6.92 Å². The predicted molar refractivity (Wildman–Crippen MR) is 116 cm³/mol. The van der Waals surface area contributed by atoms with E-state index in [2.05, 4.69) is 17.3 Å². The second-order valence-electron chi connectivity index (χ2n) is 7.60. The smallest absolute Gasteiger partial charge is 0.254 e. The van der Waals surface area contributed by atoms with Crippen molar-refractivity contribution in [1.29, 1.82) is 0 Å². The number of aliphatic hydroxyl groups excluding tert-OH is 1. The maximum Gasteiger partial charge on any atom is 0.254 e. The SMILES string of the molecule is Cc1cccc2cc(CO)c(Nc3cccc(C(=O)N4CCN(C)CC4)c3)nc12. The Bertz CT molecular complexity index is 1040. The van der Waals surface area contributed by atoms with Crippen LogP contribution in [-0.4, -0.2) is 59.0 Å². The minimum atomic E-state index is -0.112. The van der Waals surface area contributed by atoms with Gasteiger partial charge < -0.3 is 20.2 Å². The Morgan fingerprint density at radius 1 is 1.10 bits per heavy atom. The maximum absolute atomic E-state index is 12.9. The van der Waals surface area contributed by atoms with Crippen LogP contribution >= 0.6 is 0 Å². The van der Waals surface area contributed by atoms with E-state index >= 15 is 0 Å².